The molecule has 0 spiro atoms. The Morgan fingerprint density at radius 3 is 1.74 bits per heavy atom. The highest BCUT2D eigenvalue weighted by atomic mass is 28.4. The molecule has 0 saturated heterocycles. The van der Waals surface area contributed by atoms with E-state index in [1.54, 1.807) is 0 Å². The molecule has 0 fully saturated rings. The van der Waals surface area contributed by atoms with Crippen molar-refractivity contribution in [2.45, 2.75) is 64.6 Å². The van der Waals surface area contributed by atoms with Crippen molar-refractivity contribution >= 4 is 31.1 Å². The van der Waals surface area contributed by atoms with E-state index >= 15 is 0 Å². The summed E-state index contributed by atoms with van der Waals surface area (Å²) in [6.07, 6.45) is -0.187. The van der Waals surface area contributed by atoms with Crippen LogP contribution in [-0.2, 0) is 9.22 Å². The molecule has 0 aromatic heterocycles. The minimum absolute atomic E-state index is 0.0851. The van der Waals surface area contributed by atoms with E-state index in [4.69, 9.17) is 4.43 Å². The largest absolute Gasteiger partial charge is 0.465 e. The van der Waals surface area contributed by atoms with Crippen LogP contribution in [-0.4, -0.2) is 48.9 Å². The van der Waals surface area contributed by atoms with Gasteiger partial charge in [-0.05, 0) is 36.2 Å². The fourth-order valence-electron chi connectivity index (χ4n) is 4.33. The van der Waals surface area contributed by atoms with Crippen molar-refractivity contribution in [3.63, 3.8) is 0 Å². The third-order valence-electron chi connectivity index (χ3n) is 5.57. The number of hydrogen-bond acceptors (Lipinski definition) is 3. The van der Waals surface area contributed by atoms with Crippen LogP contribution >= 0.6 is 0 Å². The topological polar surface area (TPSA) is 66.8 Å². The van der Waals surface area contributed by atoms with Crippen LogP contribution in [0.5, 0.6) is 0 Å². The second-order valence-electron chi connectivity index (χ2n) is 9.85. The Bertz CT molecular complexity index is 817. The predicted octanol–water partition coefficient (Wildman–Crippen LogP) is 4.30. The Labute approximate surface area is 187 Å². The van der Waals surface area contributed by atoms with Gasteiger partial charge in [-0.3, -0.25) is 4.90 Å². The number of aldehydes is 1. The fraction of sp³-hybridized carbons (Fsp3) is 0.440. The van der Waals surface area contributed by atoms with E-state index in [2.05, 4.69) is 45.0 Å². The highest BCUT2D eigenvalue weighted by Gasteiger charge is 2.50. The predicted molar refractivity (Wildman–Crippen MR) is 128 cm³/mol. The van der Waals surface area contributed by atoms with Gasteiger partial charge in [-0.25, -0.2) is 4.79 Å². The summed E-state index contributed by atoms with van der Waals surface area (Å²) in [5, 5.41) is 11.9. The summed E-state index contributed by atoms with van der Waals surface area (Å²) in [6, 6.07) is 19.8. The molecule has 2 aromatic rings. The summed E-state index contributed by atoms with van der Waals surface area (Å²) in [6.45, 7) is 12.2. The minimum Gasteiger partial charge on any atom is -0.465 e. The van der Waals surface area contributed by atoms with Crippen molar-refractivity contribution in [1.82, 2.24) is 4.90 Å². The molecule has 1 amide bonds. The molecule has 6 heteroatoms. The van der Waals surface area contributed by atoms with Crippen molar-refractivity contribution in [3.05, 3.63) is 60.7 Å². The maximum Gasteiger partial charge on any atom is 0.408 e. The summed E-state index contributed by atoms with van der Waals surface area (Å²) in [7, 11) is -2.82. The summed E-state index contributed by atoms with van der Waals surface area (Å²) < 4.78 is 6.88. The summed E-state index contributed by atoms with van der Waals surface area (Å²) in [5.74, 6) is 0. The lowest BCUT2D eigenvalue weighted by atomic mass is 10.0. The molecular formula is C25H35NO4Si. The zero-order valence-corrected chi connectivity index (χ0v) is 20.5. The van der Waals surface area contributed by atoms with E-state index in [0.29, 0.717) is 0 Å². The number of benzene rings is 2. The molecule has 2 rings (SSSR count). The van der Waals surface area contributed by atoms with Crippen molar-refractivity contribution in [2.24, 2.45) is 0 Å². The van der Waals surface area contributed by atoms with E-state index in [1.807, 2.05) is 57.2 Å². The Morgan fingerprint density at radius 1 is 0.968 bits per heavy atom. The molecule has 0 aliphatic carbocycles. The minimum atomic E-state index is -2.82. The Kier molecular flexibility index (Phi) is 7.84. The molecule has 0 unspecified atom stereocenters. The van der Waals surface area contributed by atoms with Crippen LogP contribution in [0.15, 0.2) is 60.7 Å². The van der Waals surface area contributed by atoms with Crippen LogP contribution in [0.4, 0.5) is 4.79 Å². The molecular weight excluding hydrogens is 406 g/mol. The maximum absolute atomic E-state index is 12.1. The number of hydrogen-bond donors (Lipinski definition) is 1. The monoisotopic (exact) mass is 441 g/mol. The van der Waals surface area contributed by atoms with Gasteiger partial charge >= 0.3 is 6.09 Å². The molecule has 0 aliphatic rings. The number of carbonyl (C=O) groups excluding carboxylic acids is 1. The summed E-state index contributed by atoms with van der Waals surface area (Å²) in [5.41, 5.74) is -0.658. The highest BCUT2D eigenvalue weighted by Crippen LogP contribution is 2.37. The second-order valence-corrected chi connectivity index (χ2v) is 14.2. The van der Waals surface area contributed by atoms with Crippen LogP contribution in [0, 0.1) is 0 Å². The molecule has 0 heterocycles. The molecule has 2 aromatic carbocycles. The molecule has 0 radical (unpaired) electrons. The average Bonchev–Trinajstić information content (AvgIpc) is 2.68. The van der Waals surface area contributed by atoms with Gasteiger partial charge in [-0.1, -0.05) is 81.4 Å². The normalized spacial score (nSPS) is 13.5. The Hall–Kier alpha value is -2.44. The molecule has 0 bridgehead atoms. The lowest BCUT2D eigenvalue weighted by Crippen LogP contribution is -2.67. The van der Waals surface area contributed by atoms with Crippen molar-refractivity contribution in [1.29, 1.82) is 0 Å². The quantitative estimate of drug-likeness (QED) is 0.490. The lowest BCUT2D eigenvalue weighted by Gasteiger charge is -2.45. The van der Waals surface area contributed by atoms with Gasteiger partial charge in [0.2, 0.25) is 0 Å². The number of amides is 1. The van der Waals surface area contributed by atoms with Crippen LogP contribution in [0.25, 0.3) is 0 Å². The standard InChI is InChI=1S/C25H35NO4Si/c1-24(2,3)26(23(28)29)20(17-18-27)19-30-31(25(4,5)6,21-13-9-7-10-14-21)22-15-11-8-12-16-22/h7-16,18,20H,17,19H2,1-6H3,(H,28,29)/t20-/m0/s1. The highest BCUT2D eigenvalue weighted by molar-refractivity contribution is 6.99. The Morgan fingerprint density at radius 2 is 1.42 bits per heavy atom. The summed E-state index contributed by atoms with van der Waals surface area (Å²) >= 11 is 0. The smallest absolute Gasteiger partial charge is 0.408 e. The second kappa shape index (κ2) is 9.79. The van der Waals surface area contributed by atoms with Gasteiger partial charge in [-0.15, -0.1) is 0 Å². The fourth-order valence-corrected chi connectivity index (χ4v) is 8.93. The lowest BCUT2D eigenvalue weighted by molar-refractivity contribution is -0.109. The van der Waals surface area contributed by atoms with Gasteiger partial charge in [0.15, 0.2) is 0 Å². The first-order valence-electron chi connectivity index (χ1n) is 10.7. The van der Waals surface area contributed by atoms with Crippen molar-refractivity contribution in [3.8, 4) is 0 Å². The molecule has 1 atom stereocenters. The van der Waals surface area contributed by atoms with Crippen LogP contribution in [0.1, 0.15) is 48.0 Å². The zero-order valence-electron chi connectivity index (χ0n) is 19.5. The van der Waals surface area contributed by atoms with Gasteiger partial charge < -0.3 is 14.3 Å². The first kappa shape index (κ1) is 24.8. The van der Waals surface area contributed by atoms with Crippen LogP contribution < -0.4 is 10.4 Å². The zero-order chi connectivity index (χ0) is 23.3. The molecule has 0 aliphatic heterocycles. The molecule has 0 saturated carbocycles. The number of carbonyl (C=O) groups is 2. The Balaban J connectivity index is 2.60. The first-order chi connectivity index (χ1) is 14.4. The summed E-state index contributed by atoms with van der Waals surface area (Å²) in [4.78, 5) is 24.9. The average molecular weight is 442 g/mol. The van der Waals surface area contributed by atoms with Gasteiger partial charge in [0.1, 0.15) is 6.29 Å². The number of rotatable bonds is 8. The van der Waals surface area contributed by atoms with Gasteiger partial charge in [0, 0.05) is 12.0 Å². The van der Waals surface area contributed by atoms with E-state index in [-0.39, 0.29) is 18.1 Å². The maximum atomic E-state index is 12.1. The van der Waals surface area contributed by atoms with Crippen molar-refractivity contribution < 1.29 is 19.1 Å². The van der Waals surface area contributed by atoms with E-state index in [9.17, 15) is 14.7 Å². The third-order valence-corrected chi connectivity index (χ3v) is 10.6. The van der Waals surface area contributed by atoms with E-state index in [1.165, 1.54) is 4.90 Å². The SMILES string of the molecule is CC(C)(C)N(C(=O)O)[C@@H](CC=O)CO[Si](c1ccccc1)(c1ccccc1)C(C)(C)C. The third kappa shape index (κ3) is 5.43. The van der Waals surface area contributed by atoms with Gasteiger partial charge in [-0.2, -0.15) is 0 Å². The van der Waals surface area contributed by atoms with Crippen molar-refractivity contribution in [2.75, 3.05) is 6.61 Å². The molecule has 31 heavy (non-hydrogen) atoms. The van der Waals surface area contributed by atoms with Gasteiger partial charge in [0.25, 0.3) is 8.32 Å². The van der Waals surface area contributed by atoms with Crippen LogP contribution in [0.2, 0.25) is 5.04 Å². The number of carboxylic acid groups (broad SMARTS) is 1. The van der Waals surface area contributed by atoms with E-state index < -0.39 is 26.0 Å². The molecule has 168 valence electrons. The first-order valence-corrected chi connectivity index (χ1v) is 12.6. The number of nitrogens with zero attached hydrogens (tertiary/aromatic N) is 1. The van der Waals surface area contributed by atoms with Crippen LogP contribution in [0.3, 0.4) is 0 Å². The molecule has 1 N–H and O–H groups in total. The molecule has 5 nitrogen and oxygen atoms in total. The van der Waals surface area contributed by atoms with E-state index in [0.717, 1.165) is 16.7 Å². The van der Waals surface area contributed by atoms with Gasteiger partial charge in [0.05, 0.1) is 12.6 Å².